The third-order valence-corrected chi connectivity index (χ3v) is 2.96. The zero-order valence-electron chi connectivity index (χ0n) is 8.13. The highest BCUT2D eigenvalue weighted by molar-refractivity contribution is 9.10. The Hall–Kier alpha value is -0.800. The summed E-state index contributed by atoms with van der Waals surface area (Å²) in [5.74, 6) is 1.11. The van der Waals surface area contributed by atoms with Gasteiger partial charge in [0.1, 0.15) is 5.69 Å². The first-order valence-corrected chi connectivity index (χ1v) is 5.80. The van der Waals surface area contributed by atoms with Crippen molar-refractivity contribution < 1.29 is 4.42 Å². The molecule has 2 nitrogen and oxygen atoms in total. The van der Waals surface area contributed by atoms with Crippen LogP contribution in [0, 0.1) is 6.92 Å². The molecule has 0 atom stereocenters. The van der Waals surface area contributed by atoms with Crippen LogP contribution in [0.3, 0.4) is 0 Å². The van der Waals surface area contributed by atoms with E-state index >= 15 is 0 Å². The molecule has 0 unspecified atom stereocenters. The molecule has 0 radical (unpaired) electrons. The molecule has 15 heavy (non-hydrogen) atoms. The highest BCUT2D eigenvalue weighted by atomic mass is 79.9. The minimum absolute atomic E-state index is 0.359. The Bertz CT molecular complexity index is 481. The van der Waals surface area contributed by atoms with Crippen LogP contribution in [0.5, 0.6) is 0 Å². The standard InChI is InChI=1S/C11H9BrClNO/c1-7-2-3-8(12)4-9(7)11-10(5-13)14-6-15-11/h2-4,6H,5H2,1H3. The molecule has 1 aromatic carbocycles. The number of nitrogens with zero attached hydrogens (tertiary/aromatic N) is 1. The van der Waals surface area contributed by atoms with Crippen molar-refractivity contribution in [2.24, 2.45) is 0 Å². The van der Waals surface area contributed by atoms with Gasteiger partial charge in [-0.3, -0.25) is 0 Å². The van der Waals surface area contributed by atoms with Crippen LogP contribution in [-0.2, 0) is 5.88 Å². The van der Waals surface area contributed by atoms with Crippen LogP contribution >= 0.6 is 27.5 Å². The normalized spacial score (nSPS) is 10.6. The Balaban J connectivity index is 2.58. The van der Waals surface area contributed by atoms with E-state index in [-0.39, 0.29) is 0 Å². The highest BCUT2D eigenvalue weighted by Crippen LogP contribution is 2.29. The minimum atomic E-state index is 0.359. The molecule has 0 fully saturated rings. The van der Waals surface area contributed by atoms with Gasteiger partial charge in [0.15, 0.2) is 12.2 Å². The first kappa shape index (κ1) is 10.7. The van der Waals surface area contributed by atoms with Crippen molar-refractivity contribution in [3.63, 3.8) is 0 Å². The third-order valence-electron chi connectivity index (χ3n) is 2.21. The molecule has 1 aromatic heterocycles. The Morgan fingerprint density at radius 2 is 2.27 bits per heavy atom. The van der Waals surface area contributed by atoms with Crippen molar-refractivity contribution in [3.05, 3.63) is 40.3 Å². The van der Waals surface area contributed by atoms with Crippen LogP contribution in [-0.4, -0.2) is 4.98 Å². The topological polar surface area (TPSA) is 26.0 Å². The van der Waals surface area contributed by atoms with Gasteiger partial charge in [-0.15, -0.1) is 11.6 Å². The smallest absolute Gasteiger partial charge is 0.181 e. The number of hydrogen-bond acceptors (Lipinski definition) is 2. The van der Waals surface area contributed by atoms with Gasteiger partial charge in [0, 0.05) is 10.0 Å². The van der Waals surface area contributed by atoms with E-state index in [0.717, 1.165) is 27.1 Å². The number of hydrogen-bond donors (Lipinski definition) is 0. The lowest BCUT2D eigenvalue weighted by Crippen LogP contribution is -1.86. The fourth-order valence-electron chi connectivity index (χ4n) is 1.42. The Kier molecular flexibility index (Phi) is 3.12. The zero-order chi connectivity index (χ0) is 10.8. The fraction of sp³-hybridized carbons (Fsp3) is 0.182. The number of aryl methyl sites for hydroxylation is 1. The van der Waals surface area contributed by atoms with Gasteiger partial charge in [-0.1, -0.05) is 22.0 Å². The van der Waals surface area contributed by atoms with Crippen LogP contribution in [0.1, 0.15) is 11.3 Å². The summed E-state index contributed by atoms with van der Waals surface area (Å²) >= 11 is 9.21. The maximum atomic E-state index is 5.78. The van der Waals surface area contributed by atoms with Crippen molar-refractivity contribution in [3.8, 4) is 11.3 Å². The van der Waals surface area contributed by atoms with Crippen LogP contribution in [0.4, 0.5) is 0 Å². The lowest BCUT2D eigenvalue weighted by molar-refractivity contribution is 0.571. The summed E-state index contributed by atoms with van der Waals surface area (Å²) in [7, 11) is 0. The molecule has 0 aliphatic heterocycles. The number of aromatic nitrogens is 1. The van der Waals surface area contributed by atoms with Gasteiger partial charge in [-0.05, 0) is 24.6 Å². The largest absolute Gasteiger partial charge is 0.443 e. The summed E-state index contributed by atoms with van der Waals surface area (Å²) in [6.45, 7) is 2.03. The first-order valence-electron chi connectivity index (χ1n) is 4.47. The van der Waals surface area contributed by atoms with E-state index in [1.54, 1.807) is 0 Å². The molecule has 2 aromatic rings. The Morgan fingerprint density at radius 3 is 3.00 bits per heavy atom. The maximum Gasteiger partial charge on any atom is 0.181 e. The van der Waals surface area contributed by atoms with E-state index in [2.05, 4.69) is 20.9 Å². The van der Waals surface area contributed by atoms with Crippen LogP contribution in [0.15, 0.2) is 33.5 Å². The fourth-order valence-corrected chi connectivity index (χ4v) is 1.97. The molecule has 0 spiro atoms. The lowest BCUT2D eigenvalue weighted by Gasteiger charge is -2.04. The molecular formula is C11H9BrClNO. The summed E-state index contributed by atoms with van der Waals surface area (Å²) in [6, 6.07) is 6.03. The van der Waals surface area contributed by atoms with Crippen molar-refractivity contribution >= 4 is 27.5 Å². The second-order valence-corrected chi connectivity index (χ2v) is 4.40. The number of benzene rings is 1. The van der Waals surface area contributed by atoms with E-state index in [1.807, 2.05) is 25.1 Å². The van der Waals surface area contributed by atoms with Gasteiger partial charge in [0.05, 0.1) is 5.88 Å². The van der Waals surface area contributed by atoms with Crippen molar-refractivity contribution in [1.29, 1.82) is 0 Å². The maximum absolute atomic E-state index is 5.78. The van der Waals surface area contributed by atoms with Crippen molar-refractivity contribution in [1.82, 2.24) is 4.98 Å². The average Bonchev–Trinajstić information content (AvgIpc) is 2.69. The molecule has 1 heterocycles. The Morgan fingerprint density at radius 1 is 1.47 bits per heavy atom. The summed E-state index contributed by atoms with van der Waals surface area (Å²) in [6.07, 6.45) is 1.42. The molecule has 0 aliphatic rings. The third kappa shape index (κ3) is 2.08. The van der Waals surface area contributed by atoms with E-state index in [0.29, 0.717) is 5.88 Å². The molecule has 0 bridgehead atoms. The molecule has 78 valence electrons. The van der Waals surface area contributed by atoms with Crippen LogP contribution < -0.4 is 0 Å². The molecule has 0 amide bonds. The van der Waals surface area contributed by atoms with E-state index in [9.17, 15) is 0 Å². The van der Waals surface area contributed by atoms with Gasteiger partial charge in [0.25, 0.3) is 0 Å². The van der Waals surface area contributed by atoms with Crippen molar-refractivity contribution in [2.75, 3.05) is 0 Å². The summed E-state index contributed by atoms with van der Waals surface area (Å²) in [5, 5.41) is 0. The van der Waals surface area contributed by atoms with E-state index < -0.39 is 0 Å². The summed E-state index contributed by atoms with van der Waals surface area (Å²) in [5.41, 5.74) is 2.94. The molecule has 0 saturated heterocycles. The number of oxazole rings is 1. The van der Waals surface area contributed by atoms with E-state index in [4.69, 9.17) is 16.0 Å². The molecule has 0 saturated carbocycles. The predicted octanol–water partition coefficient (Wildman–Crippen LogP) is 4.15. The molecule has 4 heteroatoms. The number of halogens is 2. The second-order valence-electron chi connectivity index (χ2n) is 3.22. The molecule has 0 aliphatic carbocycles. The number of alkyl halides is 1. The SMILES string of the molecule is Cc1ccc(Br)cc1-c1ocnc1CCl. The predicted molar refractivity (Wildman–Crippen MR) is 63.9 cm³/mol. The average molecular weight is 287 g/mol. The van der Waals surface area contributed by atoms with Gasteiger partial charge in [-0.25, -0.2) is 4.98 Å². The van der Waals surface area contributed by atoms with Crippen molar-refractivity contribution in [2.45, 2.75) is 12.8 Å². The second kappa shape index (κ2) is 4.37. The van der Waals surface area contributed by atoms with Crippen LogP contribution in [0.25, 0.3) is 11.3 Å². The quantitative estimate of drug-likeness (QED) is 0.775. The molecular weight excluding hydrogens is 277 g/mol. The monoisotopic (exact) mass is 285 g/mol. The zero-order valence-corrected chi connectivity index (χ0v) is 10.5. The molecule has 2 rings (SSSR count). The highest BCUT2D eigenvalue weighted by Gasteiger charge is 2.12. The van der Waals surface area contributed by atoms with Gasteiger partial charge in [0.2, 0.25) is 0 Å². The summed E-state index contributed by atoms with van der Waals surface area (Å²) < 4.78 is 6.37. The Labute approximate surface area is 101 Å². The summed E-state index contributed by atoms with van der Waals surface area (Å²) in [4.78, 5) is 4.07. The lowest BCUT2D eigenvalue weighted by atomic mass is 10.1. The first-order chi connectivity index (χ1) is 7.22. The molecule has 0 N–H and O–H groups in total. The van der Waals surface area contributed by atoms with Crippen LogP contribution in [0.2, 0.25) is 0 Å². The van der Waals surface area contributed by atoms with E-state index in [1.165, 1.54) is 6.39 Å². The van der Waals surface area contributed by atoms with Gasteiger partial charge in [-0.2, -0.15) is 0 Å². The number of rotatable bonds is 2. The van der Waals surface area contributed by atoms with Gasteiger partial charge >= 0.3 is 0 Å². The minimum Gasteiger partial charge on any atom is -0.443 e. The van der Waals surface area contributed by atoms with Gasteiger partial charge < -0.3 is 4.42 Å².